The van der Waals surface area contributed by atoms with Gasteiger partial charge in [-0.1, -0.05) is 42.8 Å². The molecule has 2 atom stereocenters. The smallest absolute Gasteiger partial charge is 0.251 e. The van der Waals surface area contributed by atoms with Crippen LogP contribution in [0.3, 0.4) is 0 Å². The average molecular weight is 441 g/mol. The molecule has 0 saturated carbocycles. The molecule has 0 fully saturated rings. The van der Waals surface area contributed by atoms with Gasteiger partial charge in [-0.2, -0.15) is 0 Å². The normalized spacial score (nSPS) is 12.8. The summed E-state index contributed by atoms with van der Waals surface area (Å²) in [5.41, 5.74) is 2.72. The zero-order chi connectivity index (χ0) is 22.2. The average Bonchev–Trinajstić information content (AvgIpc) is 2.81. The Bertz CT molecular complexity index is 1010. The van der Waals surface area contributed by atoms with Gasteiger partial charge in [-0.15, -0.1) is 0 Å². The van der Waals surface area contributed by atoms with E-state index in [1.165, 1.54) is 0 Å². The number of rotatable bonds is 9. The van der Waals surface area contributed by atoms with E-state index in [-0.39, 0.29) is 25.2 Å². The summed E-state index contributed by atoms with van der Waals surface area (Å²) in [5, 5.41) is 25.5. The van der Waals surface area contributed by atoms with Crippen LogP contribution in [0.25, 0.3) is 11.3 Å². The summed E-state index contributed by atoms with van der Waals surface area (Å²) in [4.78, 5) is 21.3. The fourth-order valence-electron chi connectivity index (χ4n) is 3.04. The van der Waals surface area contributed by atoms with Gasteiger partial charge in [0, 0.05) is 22.3 Å². The van der Waals surface area contributed by atoms with Crippen LogP contribution in [0, 0.1) is 0 Å². The number of hydrogen-bond acceptors (Lipinski definition) is 6. The van der Waals surface area contributed by atoms with E-state index in [9.17, 15) is 15.0 Å². The molecule has 0 aliphatic carbocycles. The van der Waals surface area contributed by atoms with Crippen LogP contribution in [0.5, 0.6) is 0 Å². The number of nitrogens with one attached hydrogen (secondary N) is 2. The van der Waals surface area contributed by atoms with Gasteiger partial charge in [0.25, 0.3) is 5.91 Å². The summed E-state index contributed by atoms with van der Waals surface area (Å²) >= 11 is 6.01. The van der Waals surface area contributed by atoms with Gasteiger partial charge in [0.05, 0.1) is 31.0 Å². The predicted octanol–water partition coefficient (Wildman–Crippen LogP) is 3.44. The second-order valence-corrected chi connectivity index (χ2v) is 7.47. The monoisotopic (exact) mass is 440 g/mol. The number of aliphatic hydroxyl groups excluding tert-OH is 2. The summed E-state index contributed by atoms with van der Waals surface area (Å²) in [5.74, 6) is 0.136. The van der Waals surface area contributed by atoms with Crippen LogP contribution in [0.15, 0.2) is 60.8 Å². The topological polar surface area (TPSA) is 107 Å². The highest BCUT2D eigenvalue weighted by molar-refractivity contribution is 6.30. The van der Waals surface area contributed by atoms with E-state index in [2.05, 4.69) is 20.6 Å². The SMILES string of the molecule is CC[C@@H](CO)Nc1nccc(-c2ccc(C(=O)N[C@H](CO)c3cccc(Cl)c3)cc2)n1. The standard InChI is InChI=1S/C23H25ClN4O3/c1-2-19(13-29)26-23-25-11-10-20(28-23)15-6-8-16(9-7-15)22(31)27-21(14-30)17-4-3-5-18(24)12-17/h3-12,19,21,29-30H,2,13-14H2,1H3,(H,27,31)(H,25,26,28)/t19-,21+/m0/s1. The second-order valence-electron chi connectivity index (χ2n) is 7.04. The highest BCUT2D eigenvalue weighted by Crippen LogP contribution is 2.21. The number of benzene rings is 2. The van der Waals surface area contributed by atoms with Crippen molar-refractivity contribution >= 4 is 23.5 Å². The molecular weight excluding hydrogens is 416 g/mol. The van der Waals surface area contributed by atoms with Gasteiger partial charge in [-0.3, -0.25) is 4.79 Å². The van der Waals surface area contributed by atoms with Crippen molar-refractivity contribution in [1.82, 2.24) is 15.3 Å². The van der Waals surface area contributed by atoms with E-state index in [0.29, 0.717) is 22.2 Å². The number of amides is 1. The summed E-state index contributed by atoms with van der Waals surface area (Å²) in [6.07, 6.45) is 2.39. The van der Waals surface area contributed by atoms with Crippen molar-refractivity contribution in [3.8, 4) is 11.3 Å². The van der Waals surface area contributed by atoms with E-state index in [1.807, 2.05) is 6.92 Å². The van der Waals surface area contributed by atoms with Crippen LogP contribution in [-0.2, 0) is 0 Å². The molecule has 0 aliphatic rings. The number of anilines is 1. The second kappa shape index (κ2) is 10.9. The molecule has 2 aromatic carbocycles. The van der Waals surface area contributed by atoms with Crippen LogP contribution < -0.4 is 10.6 Å². The highest BCUT2D eigenvalue weighted by atomic mass is 35.5. The molecule has 1 aromatic heterocycles. The molecule has 8 heteroatoms. The lowest BCUT2D eigenvalue weighted by Gasteiger charge is -2.17. The highest BCUT2D eigenvalue weighted by Gasteiger charge is 2.16. The summed E-state index contributed by atoms with van der Waals surface area (Å²) in [7, 11) is 0. The molecule has 31 heavy (non-hydrogen) atoms. The zero-order valence-electron chi connectivity index (χ0n) is 17.1. The van der Waals surface area contributed by atoms with Crippen LogP contribution in [0.2, 0.25) is 5.02 Å². The van der Waals surface area contributed by atoms with Crippen LogP contribution >= 0.6 is 11.6 Å². The van der Waals surface area contributed by atoms with Crippen molar-refractivity contribution in [3.63, 3.8) is 0 Å². The molecule has 0 aliphatic heterocycles. The Morgan fingerprint density at radius 3 is 2.52 bits per heavy atom. The molecule has 3 rings (SSSR count). The summed E-state index contributed by atoms with van der Waals surface area (Å²) in [6, 6.07) is 15.2. The zero-order valence-corrected chi connectivity index (χ0v) is 17.9. The quantitative estimate of drug-likeness (QED) is 0.406. The van der Waals surface area contributed by atoms with E-state index in [1.54, 1.807) is 60.8 Å². The molecule has 0 unspecified atom stereocenters. The molecule has 0 saturated heterocycles. The maximum Gasteiger partial charge on any atom is 0.251 e. The van der Waals surface area contributed by atoms with Crippen molar-refractivity contribution in [2.75, 3.05) is 18.5 Å². The Morgan fingerprint density at radius 2 is 1.87 bits per heavy atom. The molecule has 1 heterocycles. The van der Waals surface area contributed by atoms with Crippen molar-refractivity contribution < 1.29 is 15.0 Å². The minimum absolute atomic E-state index is 0.00207. The Balaban J connectivity index is 1.71. The fourth-order valence-corrected chi connectivity index (χ4v) is 3.24. The first-order valence-corrected chi connectivity index (χ1v) is 10.4. The molecule has 7 nitrogen and oxygen atoms in total. The number of nitrogens with zero attached hydrogens (tertiary/aromatic N) is 2. The van der Waals surface area contributed by atoms with Crippen molar-refractivity contribution in [2.45, 2.75) is 25.4 Å². The maximum atomic E-state index is 12.6. The predicted molar refractivity (Wildman–Crippen MR) is 121 cm³/mol. The minimum atomic E-state index is -0.556. The van der Waals surface area contributed by atoms with Crippen molar-refractivity contribution in [3.05, 3.63) is 76.9 Å². The first-order chi connectivity index (χ1) is 15.0. The molecule has 0 radical (unpaired) electrons. The van der Waals surface area contributed by atoms with E-state index >= 15 is 0 Å². The number of aromatic nitrogens is 2. The third-order valence-corrected chi connectivity index (χ3v) is 5.12. The molecule has 3 aromatic rings. The largest absolute Gasteiger partial charge is 0.394 e. The van der Waals surface area contributed by atoms with Crippen LogP contribution in [0.1, 0.15) is 35.3 Å². The number of carbonyl (C=O) groups excluding carboxylic acids is 1. The lowest BCUT2D eigenvalue weighted by Crippen LogP contribution is -2.30. The van der Waals surface area contributed by atoms with Gasteiger partial charge in [0.15, 0.2) is 0 Å². The van der Waals surface area contributed by atoms with E-state index in [4.69, 9.17) is 11.6 Å². The van der Waals surface area contributed by atoms with Gasteiger partial charge >= 0.3 is 0 Å². The third-order valence-electron chi connectivity index (χ3n) is 4.88. The van der Waals surface area contributed by atoms with E-state index in [0.717, 1.165) is 17.5 Å². The van der Waals surface area contributed by atoms with Crippen molar-refractivity contribution in [1.29, 1.82) is 0 Å². The van der Waals surface area contributed by atoms with Crippen LogP contribution in [0.4, 0.5) is 5.95 Å². The minimum Gasteiger partial charge on any atom is -0.394 e. The number of hydrogen-bond donors (Lipinski definition) is 4. The molecule has 0 spiro atoms. The lowest BCUT2D eigenvalue weighted by atomic mass is 10.1. The number of carbonyl (C=O) groups is 1. The van der Waals surface area contributed by atoms with Crippen molar-refractivity contribution in [2.24, 2.45) is 0 Å². The Hall–Kier alpha value is -3.00. The summed E-state index contributed by atoms with van der Waals surface area (Å²) in [6.45, 7) is 1.72. The first kappa shape index (κ1) is 22.7. The van der Waals surface area contributed by atoms with Gasteiger partial charge < -0.3 is 20.8 Å². The Morgan fingerprint density at radius 1 is 1.10 bits per heavy atom. The fraction of sp³-hybridized carbons (Fsp3) is 0.261. The molecule has 1 amide bonds. The maximum absolute atomic E-state index is 12.6. The molecule has 162 valence electrons. The number of aliphatic hydroxyl groups is 2. The number of halogens is 1. The van der Waals surface area contributed by atoms with Gasteiger partial charge in [-0.05, 0) is 42.3 Å². The van der Waals surface area contributed by atoms with Gasteiger partial charge in [0.2, 0.25) is 5.95 Å². The van der Waals surface area contributed by atoms with Gasteiger partial charge in [0.1, 0.15) is 0 Å². The molecular formula is C23H25ClN4O3. The van der Waals surface area contributed by atoms with E-state index < -0.39 is 6.04 Å². The Labute approximate surface area is 186 Å². The Kier molecular flexibility index (Phi) is 7.94. The van der Waals surface area contributed by atoms with Crippen LogP contribution in [-0.4, -0.2) is 45.3 Å². The molecule has 0 bridgehead atoms. The van der Waals surface area contributed by atoms with Gasteiger partial charge in [-0.25, -0.2) is 9.97 Å². The lowest BCUT2D eigenvalue weighted by molar-refractivity contribution is 0.0916. The summed E-state index contributed by atoms with van der Waals surface area (Å²) < 4.78 is 0. The third kappa shape index (κ3) is 6.01. The first-order valence-electron chi connectivity index (χ1n) is 10.0. The molecule has 4 N–H and O–H groups in total.